The van der Waals surface area contributed by atoms with Gasteiger partial charge < -0.3 is 15.0 Å². The fraction of sp³-hybridized carbons (Fsp3) is 0.429. The Morgan fingerprint density at radius 1 is 1.35 bits per heavy atom. The molecule has 1 saturated heterocycles. The maximum Gasteiger partial charge on any atom is 0.258 e. The quantitative estimate of drug-likeness (QED) is 0.859. The van der Waals surface area contributed by atoms with Crippen LogP contribution in [0, 0.1) is 0 Å². The van der Waals surface area contributed by atoms with E-state index in [2.05, 4.69) is 10.1 Å². The lowest BCUT2D eigenvalue weighted by molar-refractivity contribution is -0.0770. The highest BCUT2D eigenvalue weighted by molar-refractivity contribution is 6.33. The summed E-state index contributed by atoms with van der Waals surface area (Å²) in [5.41, 5.74) is 6.51. The van der Waals surface area contributed by atoms with Gasteiger partial charge in [-0.2, -0.15) is 4.98 Å². The first-order chi connectivity index (χ1) is 9.58. The second-order valence-corrected chi connectivity index (χ2v) is 5.60. The molecule has 106 valence electrons. The number of halogens is 1. The molecule has 1 fully saturated rings. The first-order valence-corrected chi connectivity index (χ1v) is 7.00. The molecule has 1 aromatic carbocycles. The number of aromatic nitrogens is 2. The van der Waals surface area contributed by atoms with Gasteiger partial charge in [-0.05, 0) is 44.4 Å². The van der Waals surface area contributed by atoms with Gasteiger partial charge in [0.15, 0.2) is 0 Å². The molecule has 1 aliphatic rings. The lowest BCUT2D eigenvalue weighted by atomic mass is 9.95. The van der Waals surface area contributed by atoms with E-state index in [9.17, 15) is 0 Å². The van der Waals surface area contributed by atoms with Gasteiger partial charge in [0.05, 0.1) is 10.7 Å². The highest BCUT2D eigenvalue weighted by Gasteiger charge is 2.35. The van der Waals surface area contributed by atoms with E-state index in [1.807, 2.05) is 13.0 Å². The SMILES string of the molecule is CC1(c2noc(-c3ccc(N)c(Cl)c3)n2)CCCCO1. The van der Waals surface area contributed by atoms with Crippen molar-refractivity contribution in [3.63, 3.8) is 0 Å². The van der Waals surface area contributed by atoms with Crippen LogP contribution in [0.25, 0.3) is 11.5 Å². The Hall–Kier alpha value is -1.59. The summed E-state index contributed by atoms with van der Waals surface area (Å²) in [5, 5.41) is 4.53. The lowest BCUT2D eigenvalue weighted by Gasteiger charge is -2.30. The topological polar surface area (TPSA) is 74.2 Å². The molecule has 0 bridgehead atoms. The Morgan fingerprint density at radius 3 is 2.90 bits per heavy atom. The van der Waals surface area contributed by atoms with Crippen molar-refractivity contribution in [3.8, 4) is 11.5 Å². The molecule has 5 nitrogen and oxygen atoms in total. The van der Waals surface area contributed by atoms with Crippen molar-refractivity contribution in [1.29, 1.82) is 0 Å². The monoisotopic (exact) mass is 293 g/mol. The smallest absolute Gasteiger partial charge is 0.258 e. The van der Waals surface area contributed by atoms with E-state index in [0.717, 1.165) is 31.4 Å². The highest BCUT2D eigenvalue weighted by atomic mass is 35.5. The van der Waals surface area contributed by atoms with Crippen molar-refractivity contribution in [3.05, 3.63) is 29.0 Å². The van der Waals surface area contributed by atoms with Crippen LogP contribution in [0.2, 0.25) is 5.02 Å². The van der Waals surface area contributed by atoms with Crippen LogP contribution >= 0.6 is 11.6 Å². The second-order valence-electron chi connectivity index (χ2n) is 5.20. The first kappa shape index (κ1) is 13.4. The van der Waals surface area contributed by atoms with Crippen molar-refractivity contribution >= 4 is 17.3 Å². The molecule has 6 heteroatoms. The minimum Gasteiger partial charge on any atom is -0.398 e. The number of benzene rings is 1. The van der Waals surface area contributed by atoms with Crippen LogP contribution in [-0.2, 0) is 10.3 Å². The molecule has 20 heavy (non-hydrogen) atoms. The predicted molar refractivity (Wildman–Crippen MR) is 76.3 cm³/mol. The molecule has 0 amide bonds. The van der Waals surface area contributed by atoms with Crippen molar-refractivity contribution < 1.29 is 9.26 Å². The van der Waals surface area contributed by atoms with Crippen LogP contribution < -0.4 is 5.73 Å². The van der Waals surface area contributed by atoms with Crippen molar-refractivity contribution in [2.75, 3.05) is 12.3 Å². The van der Waals surface area contributed by atoms with E-state index in [1.165, 1.54) is 0 Å². The third kappa shape index (κ3) is 2.39. The van der Waals surface area contributed by atoms with Crippen LogP contribution in [0.15, 0.2) is 22.7 Å². The summed E-state index contributed by atoms with van der Waals surface area (Å²) in [4.78, 5) is 4.44. The largest absolute Gasteiger partial charge is 0.398 e. The number of hydrogen-bond donors (Lipinski definition) is 1. The van der Waals surface area contributed by atoms with E-state index in [-0.39, 0.29) is 0 Å². The molecule has 2 N–H and O–H groups in total. The molecular formula is C14H16ClN3O2. The standard InChI is InChI=1S/C14H16ClN3O2/c1-14(6-2-3-7-19-14)13-17-12(20-18-13)9-4-5-11(16)10(15)8-9/h4-5,8H,2-3,6-7,16H2,1H3. The molecule has 1 aromatic heterocycles. The zero-order chi connectivity index (χ0) is 14.2. The number of nitrogens with two attached hydrogens (primary N) is 1. The molecule has 2 aromatic rings. The average molecular weight is 294 g/mol. The molecule has 3 rings (SSSR count). The number of nitrogens with zero attached hydrogens (tertiary/aromatic N) is 2. The molecule has 0 aliphatic carbocycles. The summed E-state index contributed by atoms with van der Waals surface area (Å²) < 4.78 is 11.1. The number of rotatable bonds is 2. The fourth-order valence-corrected chi connectivity index (χ4v) is 2.51. The van der Waals surface area contributed by atoms with Gasteiger partial charge in [0.2, 0.25) is 5.82 Å². The van der Waals surface area contributed by atoms with Gasteiger partial charge in [-0.15, -0.1) is 0 Å². The van der Waals surface area contributed by atoms with Crippen LogP contribution in [0.1, 0.15) is 32.0 Å². The second kappa shape index (κ2) is 5.07. The minimum absolute atomic E-state index is 0.428. The molecule has 0 radical (unpaired) electrons. The summed E-state index contributed by atoms with van der Waals surface area (Å²) >= 11 is 6.01. The summed E-state index contributed by atoms with van der Waals surface area (Å²) in [5.74, 6) is 1.01. The maximum atomic E-state index is 6.01. The Morgan fingerprint density at radius 2 is 2.20 bits per heavy atom. The van der Waals surface area contributed by atoms with Crippen molar-refractivity contribution in [2.45, 2.75) is 31.8 Å². The van der Waals surface area contributed by atoms with Gasteiger partial charge in [0.1, 0.15) is 5.60 Å². The number of ether oxygens (including phenoxy) is 1. The van der Waals surface area contributed by atoms with E-state index >= 15 is 0 Å². The van der Waals surface area contributed by atoms with Crippen LogP contribution in [0.4, 0.5) is 5.69 Å². The zero-order valence-electron chi connectivity index (χ0n) is 11.2. The Kier molecular flexibility index (Phi) is 3.40. The minimum atomic E-state index is -0.461. The van der Waals surface area contributed by atoms with Gasteiger partial charge in [-0.1, -0.05) is 16.8 Å². The molecule has 0 spiro atoms. The van der Waals surface area contributed by atoms with E-state index in [0.29, 0.717) is 22.4 Å². The summed E-state index contributed by atoms with van der Waals surface area (Å²) in [7, 11) is 0. The Balaban J connectivity index is 1.91. The Bertz CT molecular complexity index is 621. The number of nitrogen functional groups attached to an aromatic ring is 1. The molecular weight excluding hydrogens is 278 g/mol. The summed E-state index contributed by atoms with van der Waals surface area (Å²) in [6, 6.07) is 5.25. The molecule has 1 unspecified atom stereocenters. The van der Waals surface area contributed by atoms with E-state index in [1.54, 1.807) is 12.1 Å². The molecule has 0 saturated carbocycles. The van der Waals surface area contributed by atoms with Gasteiger partial charge in [-0.3, -0.25) is 0 Å². The fourth-order valence-electron chi connectivity index (χ4n) is 2.33. The van der Waals surface area contributed by atoms with Crippen LogP contribution in [0.5, 0.6) is 0 Å². The van der Waals surface area contributed by atoms with Gasteiger partial charge >= 0.3 is 0 Å². The van der Waals surface area contributed by atoms with Gasteiger partial charge in [0, 0.05) is 12.2 Å². The predicted octanol–water partition coefficient (Wildman–Crippen LogP) is 3.39. The number of anilines is 1. The summed E-state index contributed by atoms with van der Waals surface area (Å²) in [6.45, 7) is 2.73. The Labute approximate surface area is 122 Å². The highest BCUT2D eigenvalue weighted by Crippen LogP contribution is 2.34. The number of hydrogen-bond acceptors (Lipinski definition) is 5. The third-order valence-corrected chi connectivity index (χ3v) is 3.94. The first-order valence-electron chi connectivity index (χ1n) is 6.62. The zero-order valence-corrected chi connectivity index (χ0v) is 12.0. The van der Waals surface area contributed by atoms with Crippen molar-refractivity contribution in [1.82, 2.24) is 10.1 Å². The van der Waals surface area contributed by atoms with Gasteiger partial charge in [0.25, 0.3) is 5.89 Å². The van der Waals surface area contributed by atoms with Crippen molar-refractivity contribution in [2.24, 2.45) is 0 Å². The molecule has 2 heterocycles. The normalized spacial score (nSPS) is 22.9. The van der Waals surface area contributed by atoms with Crippen LogP contribution in [-0.4, -0.2) is 16.7 Å². The van der Waals surface area contributed by atoms with Gasteiger partial charge in [-0.25, -0.2) is 0 Å². The average Bonchev–Trinajstić information content (AvgIpc) is 2.93. The lowest BCUT2D eigenvalue weighted by Crippen LogP contribution is -2.31. The molecule has 1 aliphatic heterocycles. The van der Waals surface area contributed by atoms with E-state index < -0.39 is 5.60 Å². The molecule has 1 atom stereocenters. The third-order valence-electron chi connectivity index (χ3n) is 3.62. The maximum absolute atomic E-state index is 6.01. The summed E-state index contributed by atoms with van der Waals surface area (Å²) in [6.07, 6.45) is 3.08. The van der Waals surface area contributed by atoms with E-state index in [4.69, 9.17) is 26.6 Å². The van der Waals surface area contributed by atoms with Crippen LogP contribution in [0.3, 0.4) is 0 Å².